The summed E-state index contributed by atoms with van der Waals surface area (Å²) in [6.45, 7) is 4.91. The Bertz CT molecular complexity index is 163. The predicted octanol–water partition coefficient (Wildman–Crippen LogP) is 1.66. The molecule has 5 heteroatoms. The van der Waals surface area contributed by atoms with Gasteiger partial charge in [0.05, 0.1) is 0 Å². The second-order valence-corrected chi connectivity index (χ2v) is 5.00. The van der Waals surface area contributed by atoms with Crippen LogP contribution in [0.2, 0.25) is 0 Å². The highest BCUT2D eigenvalue weighted by Crippen LogP contribution is 1.95. The Hall–Kier alpha value is -0.0300. The molecule has 0 fully saturated rings. The molecule has 0 aliphatic heterocycles. The van der Waals surface area contributed by atoms with Crippen molar-refractivity contribution in [2.24, 2.45) is 4.99 Å². The summed E-state index contributed by atoms with van der Waals surface area (Å²) in [5, 5.41) is 6.55. The molecule has 3 nitrogen and oxygen atoms in total. The van der Waals surface area contributed by atoms with Gasteiger partial charge < -0.3 is 10.6 Å². The molecule has 0 amide bonds. The van der Waals surface area contributed by atoms with E-state index in [1.165, 1.54) is 5.75 Å². The topological polar surface area (TPSA) is 36.4 Å². The summed E-state index contributed by atoms with van der Waals surface area (Å²) in [5.41, 5.74) is 0. The smallest absolute Gasteiger partial charge is 0.191 e. The maximum atomic E-state index is 4.49. The fourth-order valence-electron chi connectivity index (χ4n) is 1.01. The molecule has 0 aliphatic rings. The third-order valence-corrected chi connectivity index (χ3v) is 3.03. The second kappa shape index (κ2) is 12.0. The monoisotopic (exact) mass is 249 g/mol. The van der Waals surface area contributed by atoms with Crippen LogP contribution in [-0.4, -0.2) is 49.6 Å². The van der Waals surface area contributed by atoms with E-state index in [1.807, 2.05) is 23.5 Å². The van der Waals surface area contributed by atoms with Gasteiger partial charge in [-0.3, -0.25) is 4.99 Å². The summed E-state index contributed by atoms with van der Waals surface area (Å²) in [7, 11) is 0. The van der Waals surface area contributed by atoms with Crippen LogP contribution in [-0.2, 0) is 0 Å². The van der Waals surface area contributed by atoms with Crippen molar-refractivity contribution in [2.75, 3.05) is 43.7 Å². The molecule has 0 saturated heterocycles. The van der Waals surface area contributed by atoms with Crippen LogP contribution in [0.1, 0.15) is 13.3 Å². The second-order valence-electron chi connectivity index (χ2n) is 3.03. The minimum absolute atomic E-state index is 0.912. The third kappa shape index (κ3) is 10.3. The molecule has 15 heavy (non-hydrogen) atoms. The molecule has 0 aromatic rings. The highest BCUT2D eigenvalue weighted by atomic mass is 32.2. The third-order valence-electron chi connectivity index (χ3n) is 1.72. The lowest BCUT2D eigenvalue weighted by Crippen LogP contribution is -2.38. The van der Waals surface area contributed by atoms with E-state index in [0.717, 1.165) is 37.8 Å². The molecule has 0 unspecified atom stereocenters. The number of hydrogen-bond acceptors (Lipinski definition) is 3. The van der Waals surface area contributed by atoms with Gasteiger partial charge in [0.1, 0.15) is 0 Å². The molecule has 0 rings (SSSR count). The molecule has 0 radical (unpaired) electrons. The summed E-state index contributed by atoms with van der Waals surface area (Å²) >= 11 is 3.72. The lowest BCUT2D eigenvalue weighted by molar-refractivity contribution is 0.832. The van der Waals surface area contributed by atoms with Crippen molar-refractivity contribution in [2.45, 2.75) is 13.3 Å². The van der Waals surface area contributed by atoms with Crippen LogP contribution in [0.15, 0.2) is 4.99 Å². The summed E-state index contributed by atoms with van der Waals surface area (Å²) in [5.74, 6) is 3.26. The zero-order valence-corrected chi connectivity index (χ0v) is 11.6. The predicted molar refractivity (Wildman–Crippen MR) is 75.4 cm³/mol. The first-order valence-corrected chi connectivity index (χ1v) is 8.14. The average molecular weight is 249 g/mol. The van der Waals surface area contributed by atoms with Gasteiger partial charge in [-0.1, -0.05) is 0 Å². The van der Waals surface area contributed by atoms with Gasteiger partial charge in [-0.05, 0) is 31.6 Å². The number of thioether (sulfide) groups is 2. The molecular weight excluding hydrogens is 226 g/mol. The standard InChI is InChI=1S/C10H23N3S2/c1-4-11-10(13-7-9-15-3)12-6-5-8-14-2/h4-9H2,1-3H3,(H2,11,12,13). The molecule has 2 N–H and O–H groups in total. The lowest BCUT2D eigenvalue weighted by atomic mass is 10.5. The zero-order valence-electron chi connectivity index (χ0n) is 10.0. The molecule has 0 aromatic heterocycles. The summed E-state index contributed by atoms with van der Waals surface area (Å²) in [6, 6.07) is 0. The van der Waals surface area contributed by atoms with E-state index in [9.17, 15) is 0 Å². The Kier molecular flexibility index (Phi) is 12.0. The molecule has 0 bridgehead atoms. The van der Waals surface area contributed by atoms with Crippen molar-refractivity contribution in [1.29, 1.82) is 0 Å². The van der Waals surface area contributed by atoms with Gasteiger partial charge in [-0.2, -0.15) is 23.5 Å². The van der Waals surface area contributed by atoms with Crippen molar-refractivity contribution < 1.29 is 0 Å². The largest absolute Gasteiger partial charge is 0.357 e. The first-order valence-electron chi connectivity index (χ1n) is 5.35. The normalized spacial score (nSPS) is 11.5. The summed E-state index contributed by atoms with van der Waals surface area (Å²) in [4.78, 5) is 4.49. The van der Waals surface area contributed by atoms with Crippen molar-refractivity contribution in [1.82, 2.24) is 10.6 Å². The quantitative estimate of drug-likeness (QED) is 0.390. The number of rotatable bonds is 8. The van der Waals surface area contributed by atoms with E-state index in [1.54, 1.807) is 0 Å². The number of aliphatic imine (C=N–C) groups is 1. The lowest BCUT2D eigenvalue weighted by Gasteiger charge is -2.10. The van der Waals surface area contributed by atoms with Gasteiger partial charge in [-0.25, -0.2) is 0 Å². The summed E-state index contributed by atoms with van der Waals surface area (Å²) < 4.78 is 0. The molecule has 0 heterocycles. The molecule has 0 aliphatic carbocycles. The number of hydrogen-bond donors (Lipinski definition) is 2. The fourth-order valence-corrected chi connectivity index (χ4v) is 1.74. The Morgan fingerprint density at radius 3 is 2.47 bits per heavy atom. The van der Waals surface area contributed by atoms with Gasteiger partial charge in [0.2, 0.25) is 0 Å². The minimum atomic E-state index is 0.912. The van der Waals surface area contributed by atoms with Crippen LogP contribution in [0.25, 0.3) is 0 Å². The van der Waals surface area contributed by atoms with Crippen molar-refractivity contribution in [3.8, 4) is 0 Å². The first-order chi connectivity index (χ1) is 7.35. The van der Waals surface area contributed by atoms with Gasteiger partial charge in [0.25, 0.3) is 0 Å². The van der Waals surface area contributed by atoms with Crippen LogP contribution in [0, 0.1) is 0 Å². The van der Waals surface area contributed by atoms with Crippen molar-refractivity contribution >= 4 is 29.5 Å². The minimum Gasteiger partial charge on any atom is -0.357 e. The number of nitrogens with zero attached hydrogens (tertiary/aromatic N) is 1. The fraction of sp³-hybridized carbons (Fsp3) is 0.900. The average Bonchev–Trinajstić information content (AvgIpc) is 2.24. The molecule has 90 valence electrons. The molecule has 0 saturated carbocycles. The van der Waals surface area contributed by atoms with Crippen LogP contribution in [0.4, 0.5) is 0 Å². The molecular formula is C10H23N3S2. The van der Waals surface area contributed by atoms with E-state index in [2.05, 4.69) is 35.1 Å². The highest BCUT2D eigenvalue weighted by molar-refractivity contribution is 7.98. The van der Waals surface area contributed by atoms with Gasteiger partial charge in [0, 0.05) is 25.4 Å². The first kappa shape index (κ1) is 15.0. The van der Waals surface area contributed by atoms with E-state index in [-0.39, 0.29) is 0 Å². The molecule has 0 atom stereocenters. The Morgan fingerprint density at radius 1 is 1.13 bits per heavy atom. The van der Waals surface area contributed by atoms with Crippen molar-refractivity contribution in [3.05, 3.63) is 0 Å². The summed E-state index contributed by atoms with van der Waals surface area (Å²) in [6.07, 6.45) is 5.40. The van der Waals surface area contributed by atoms with Crippen LogP contribution in [0.5, 0.6) is 0 Å². The number of guanidine groups is 1. The van der Waals surface area contributed by atoms with E-state index in [0.29, 0.717) is 0 Å². The van der Waals surface area contributed by atoms with E-state index >= 15 is 0 Å². The Labute approximate surface area is 102 Å². The Balaban J connectivity index is 3.68. The van der Waals surface area contributed by atoms with Crippen LogP contribution in [0.3, 0.4) is 0 Å². The molecule has 0 spiro atoms. The van der Waals surface area contributed by atoms with Crippen LogP contribution >= 0.6 is 23.5 Å². The SMILES string of the molecule is CCNC(=NCCCSC)NCCSC. The zero-order chi connectivity index (χ0) is 11.4. The maximum Gasteiger partial charge on any atom is 0.191 e. The van der Waals surface area contributed by atoms with Gasteiger partial charge in [-0.15, -0.1) is 0 Å². The number of nitrogens with one attached hydrogen (secondary N) is 2. The molecule has 0 aromatic carbocycles. The van der Waals surface area contributed by atoms with E-state index < -0.39 is 0 Å². The van der Waals surface area contributed by atoms with Gasteiger partial charge in [0.15, 0.2) is 5.96 Å². The van der Waals surface area contributed by atoms with Crippen LogP contribution < -0.4 is 10.6 Å². The highest BCUT2D eigenvalue weighted by Gasteiger charge is 1.94. The van der Waals surface area contributed by atoms with E-state index in [4.69, 9.17) is 0 Å². The Morgan fingerprint density at radius 2 is 1.87 bits per heavy atom. The van der Waals surface area contributed by atoms with Gasteiger partial charge >= 0.3 is 0 Å². The maximum absolute atomic E-state index is 4.49. The van der Waals surface area contributed by atoms with Crippen molar-refractivity contribution in [3.63, 3.8) is 0 Å².